The molecule has 1 amide bonds. The van der Waals surface area contributed by atoms with E-state index >= 15 is 0 Å². The Bertz CT molecular complexity index is 760. The number of hydrogen-bond acceptors (Lipinski definition) is 8. The fourth-order valence-electron chi connectivity index (χ4n) is 3.89. The minimum Gasteiger partial charge on any atom is -0.360 e. The van der Waals surface area contributed by atoms with Crippen LogP contribution in [-0.4, -0.2) is 65.3 Å². The minimum atomic E-state index is -3.02. The van der Waals surface area contributed by atoms with Gasteiger partial charge in [0, 0.05) is 18.6 Å². The summed E-state index contributed by atoms with van der Waals surface area (Å²) in [6, 6.07) is 0.0109. The molecule has 10 heteroatoms. The van der Waals surface area contributed by atoms with Crippen molar-refractivity contribution in [1.29, 1.82) is 0 Å². The van der Waals surface area contributed by atoms with Gasteiger partial charge >= 0.3 is 0 Å². The lowest BCUT2D eigenvalue weighted by Crippen LogP contribution is -2.49. The van der Waals surface area contributed by atoms with E-state index in [9.17, 15) is 13.2 Å². The third-order valence-electron chi connectivity index (χ3n) is 5.24. The maximum absolute atomic E-state index is 13.1. The van der Waals surface area contributed by atoms with Crippen LogP contribution in [-0.2, 0) is 14.6 Å². The standard InChI is InChI=1S/C18H30N4O3S3/c1-13(2)10-19-17-20-21-18(27-17)26-11-16(23)22(14-6-4-3-5-7-14)15-8-9-28(24,25)12-15/h13-15H,3-12H2,1-2H3,(H,19,20). The Labute approximate surface area is 176 Å². The number of thioether (sulfide) groups is 1. The highest BCUT2D eigenvalue weighted by Gasteiger charge is 2.38. The van der Waals surface area contributed by atoms with E-state index in [4.69, 9.17) is 0 Å². The van der Waals surface area contributed by atoms with E-state index in [1.165, 1.54) is 29.5 Å². The van der Waals surface area contributed by atoms with Crippen LogP contribution >= 0.6 is 23.1 Å². The van der Waals surface area contributed by atoms with Crippen molar-refractivity contribution < 1.29 is 13.2 Å². The first-order chi connectivity index (χ1) is 13.3. The van der Waals surface area contributed by atoms with E-state index in [0.29, 0.717) is 12.3 Å². The summed E-state index contributed by atoms with van der Waals surface area (Å²) in [5.74, 6) is 1.15. The molecule has 2 aliphatic rings. The Morgan fingerprint density at radius 1 is 1.21 bits per heavy atom. The maximum atomic E-state index is 13.1. The van der Waals surface area contributed by atoms with Crippen LogP contribution in [0.3, 0.4) is 0 Å². The smallest absolute Gasteiger partial charge is 0.233 e. The number of rotatable bonds is 8. The van der Waals surface area contributed by atoms with E-state index in [0.717, 1.165) is 41.7 Å². The van der Waals surface area contributed by atoms with Gasteiger partial charge in [0.25, 0.3) is 0 Å². The zero-order valence-corrected chi connectivity index (χ0v) is 19.0. The molecule has 7 nitrogen and oxygen atoms in total. The lowest BCUT2D eigenvalue weighted by atomic mass is 9.93. The fourth-order valence-corrected chi connectivity index (χ4v) is 7.23. The van der Waals surface area contributed by atoms with Gasteiger partial charge in [-0.05, 0) is 25.2 Å². The molecule has 1 saturated carbocycles. The van der Waals surface area contributed by atoms with Gasteiger partial charge in [-0.25, -0.2) is 8.42 Å². The van der Waals surface area contributed by atoms with Gasteiger partial charge in [-0.15, -0.1) is 10.2 Å². The molecule has 1 atom stereocenters. The summed E-state index contributed by atoms with van der Waals surface area (Å²) in [6.07, 6.45) is 5.96. The zero-order valence-electron chi connectivity index (χ0n) is 16.6. The van der Waals surface area contributed by atoms with Crippen molar-refractivity contribution in [2.45, 2.75) is 68.8 Å². The van der Waals surface area contributed by atoms with Crippen molar-refractivity contribution in [2.24, 2.45) is 5.92 Å². The summed E-state index contributed by atoms with van der Waals surface area (Å²) < 4.78 is 24.7. The third-order valence-corrected chi connectivity index (χ3v) is 8.99. The normalized spacial score (nSPS) is 22.5. The number of hydrogen-bond donors (Lipinski definition) is 1. The van der Waals surface area contributed by atoms with Crippen molar-refractivity contribution in [3.63, 3.8) is 0 Å². The zero-order chi connectivity index (χ0) is 20.1. The second-order valence-electron chi connectivity index (χ2n) is 8.09. The number of carbonyl (C=O) groups is 1. The first-order valence-electron chi connectivity index (χ1n) is 10.1. The van der Waals surface area contributed by atoms with Crippen LogP contribution in [0.25, 0.3) is 0 Å². The number of amides is 1. The largest absolute Gasteiger partial charge is 0.360 e. The highest BCUT2D eigenvalue weighted by atomic mass is 32.2. The molecule has 1 saturated heterocycles. The Morgan fingerprint density at radius 3 is 2.61 bits per heavy atom. The third kappa shape index (κ3) is 6.06. The molecule has 1 aromatic heterocycles. The van der Waals surface area contributed by atoms with Crippen LogP contribution < -0.4 is 5.32 Å². The highest BCUT2D eigenvalue weighted by molar-refractivity contribution is 8.01. The number of nitrogens with one attached hydrogen (secondary N) is 1. The molecule has 3 rings (SSSR count). The van der Waals surface area contributed by atoms with Gasteiger partial charge in [-0.3, -0.25) is 4.79 Å². The molecule has 2 heterocycles. The second kappa shape index (κ2) is 9.75. The molecule has 2 fully saturated rings. The van der Waals surface area contributed by atoms with Crippen molar-refractivity contribution in [1.82, 2.24) is 15.1 Å². The van der Waals surface area contributed by atoms with E-state index in [2.05, 4.69) is 29.4 Å². The molecule has 1 unspecified atom stereocenters. The van der Waals surface area contributed by atoms with Crippen LogP contribution in [0.2, 0.25) is 0 Å². The molecule has 1 aromatic rings. The monoisotopic (exact) mass is 446 g/mol. The quantitative estimate of drug-likeness (QED) is 0.614. The van der Waals surface area contributed by atoms with Gasteiger partial charge in [0.05, 0.1) is 17.3 Å². The summed E-state index contributed by atoms with van der Waals surface area (Å²) in [5, 5.41) is 12.3. The fraction of sp³-hybridized carbons (Fsp3) is 0.833. The van der Waals surface area contributed by atoms with Crippen LogP contribution in [0.1, 0.15) is 52.4 Å². The maximum Gasteiger partial charge on any atom is 0.233 e. The van der Waals surface area contributed by atoms with Gasteiger partial charge in [0.1, 0.15) is 0 Å². The summed E-state index contributed by atoms with van der Waals surface area (Å²) in [4.78, 5) is 15.0. The second-order valence-corrected chi connectivity index (χ2v) is 12.5. The Balaban J connectivity index is 1.61. The first kappa shape index (κ1) is 21.8. The number of sulfone groups is 1. The molecule has 158 valence electrons. The predicted molar refractivity (Wildman–Crippen MR) is 115 cm³/mol. The minimum absolute atomic E-state index is 0.0332. The molecule has 1 N–H and O–H groups in total. The van der Waals surface area contributed by atoms with Crippen LogP contribution in [0.4, 0.5) is 5.13 Å². The van der Waals surface area contributed by atoms with Crippen LogP contribution in [0.5, 0.6) is 0 Å². The van der Waals surface area contributed by atoms with Crippen molar-refractivity contribution in [2.75, 3.05) is 29.1 Å². The molecule has 0 aromatic carbocycles. The Kier molecular flexibility index (Phi) is 7.60. The Morgan fingerprint density at radius 2 is 1.96 bits per heavy atom. The van der Waals surface area contributed by atoms with Gasteiger partial charge in [-0.2, -0.15) is 0 Å². The molecular formula is C18H30N4O3S3. The van der Waals surface area contributed by atoms with Crippen molar-refractivity contribution in [3.05, 3.63) is 0 Å². The van der Waals surface area contributed by atoms with Crippen LogP contribution in [0, 0.1) is 5.92 Å². The molecule has 0 bridgehead atoms. The van der Waals surface area contributed by atoms with E-state index in [1.54, 1.807) is 0 Å². The molecular weight excluding hydrogens is 416 g/mol. The summed E-state index contributed by atoms with van der Waals surface area (Å²) in [5.41, 5.74) is 0. The topological polar surface area (TPSA) is 92.3 Å². The summed E-state index contributed by atoms with van der Waals surface area (Å²) in [7, 11) is -3.02. The lowest BCUT2D eigenvalue weighted by Gasteiger charge is -2.38. The SMILES string of the molecule is CC(C)CNc1nnc(SCC(=O)N(C2CCCCC2)C2CCS(=O)(=O)C2)s1. The van der Waals surface area contributed by atoms with Gasteiger partial charge in [0.15, 0.2) is 14.2 Å². The molecule has 0 radical (unpaired) electrons. The van der Waals surface area contributed by atoms with E-state index < -0.39 is 9.84 Å². The number of anilines is 1. The van der Waals surface area contributed by atoms with Crippen molar-refractivity contribution >= 4 is 44.0 Å². The lowest BCUT2D eigenvalue weighted by molar-refractivity contribution is -0.133. The van der Waals surface area contributed by atoms with Gasteiger partial charge in [-0.1, -0.05) is 56.2 Å². The molecule has 0 spiro atoms. The van der Waals surface area contributed by atoms with E-state index in [-0.39, 0.29) is 35.2 Å². The van der Waals surface area contributed by atoms with Gasteiger partial charge < -0.3 is 10.2 Å². The number of nitrogens with zero attached hydrogens (tertiary/aromatic N) is 3. The van der Waals surface area contributed by atoms with Crippen LogP contribution in [0.15, 0.2) is 4.34 Å². The number of carbonyl (C=O) groups excluding carboxylic acids is 1. The molecule has 1 aliphatic carbocycles. The molecule has 1 aliphatic heterocycles. The van der Waals surface area contributed by atoms with E-state index in [1.807, 2.05) is 4.90 Å². The predicted octanol–water partition coefficient (Wildman–Crippen LogP) is 3.05. The molecule has 28 heavy (non-hydrogen) atoms. The van der Waals surface area contributed by atoms with Crippen molar-refractivity contribution in [3.8, 4) is 0 Å². The Hall–Kier alpha value is -0.870. The summed E-state index contributed by atoms with van der Waals surface area (Å²) >= 11 is 2.86. The van der Waals surface area contributed by atoms with Gasteiger partial charge in [0.2, 0.25) is 11.0 Å². The number of aromatic nitrogens is 2. The average molecular weight is 447 g/mol. The highest BCUT2D eigenvalue weighted by Crippen LogP contribution is 2.31. The average Bonchev–Trinajstić information content (AvgIpc) is 3.25. The first-order valence-corrected chi connectivity index (χ1v) is 13.7. The summed E-state index contributed by atoms with van der Waals surface area (Å²) in [6.45, 7) is 5.10.